The Morgan fingerprint density at radius 2 is 1.29 bits per heavy atom. The predicted molar refractivity (Wildman–Crippen MR) is 156 cm³/mol. The third-order valence-electron chi connectivity index (χ3n) is 8.16. The van der Waals surface area contributed by atoms with E-state index in [0.29, 0.717) is 18.9 Å². The maximum atomic E-state index is 12.6. The molecular weight excluding hydrogens is 478 g/mol. The highest BCUT2D eigenvalue weighted by Crippen LogP contribution is 2.22. The molecule has 0 bridgehead atoms. The zero-order valence-electron chi connectivity index (χ0n) is 25.5. The molecule has 0 radical (unpaired) electrons. The molecule has 6 heteroatoms. The minimum absolute atomic E-state index is 0.00590. The minimum atomic E-state index is -0.250. The van der Waals surface area contributed by atoms with Crippen molar-refractivity contribution < 1.29 is 24.1 Å². The molecule has 1 fully saturated rings. The van der Waals surface area contributed by atoms with E-state index in [4.69, 9.17) is 14.5 Å². The van der Waals surface area contributed by atoms with E-state index in [-0.39, 0.29) is 24.0 Å². The zero-order valence-corrected chi connectivity index (χ0v) is 25.5. The van der Waals surface area contributed by atoms with Gasteiger partial charge in [-0.25, -0.2) is 4.79 Å². The number of esters is 1. The van der Waals surface area contributed by atoms with Gasteiger partial charge in [0.2, 0.25) is 0 Å². The number of carbonyl (C=O) groups is 2. The number of unbranched alkanes of at least 4 members (excludes halogenated alkanes) is 11. The number of nitrogens with zero attached hydrogens (tertiary/aromatic N) is 1. The van der Waals surface area contributed by atoms with E-state index < -0.39 is 0 Å². The van der Waals surface area contributed by atoms with E-state index in [1.165, 1.54) is 70.6 Å². The van der Waals surface area contributed by atoms with Crippen LogP contribution in [0, 0.1) is 11.8 Å². The fourth-order valence-corrected chi connectivity index (χ4v) is 5.26. The smallest absolute Gasteiger partial charge is 0.342 e. The number of ether oxygens (including phenoxy) is 1. The van der Waals surface area contributed by atoms with Crippen molar-refractivity contribution in [2.45, 2.75) is 155 Å². The Kier molecular flexibility index (Phi) is 21.8. The summed E-state index contributed by atoms with van der Waals surface area (Å²) in [6.45, 7) is 8.91. The number of hydrogen-bond acceptors (Lipinski definition) is 6. The minimum Gasteiger partial charge on any atom is -0.465 e. The van der Waals surface area contributed by atoms with Gasteiger partial charge in [0, 0.05) is 6.42 Å². The van der Waals surface area contributed by atoms with Gasteiger partial charge in [0.05, 0.1) is 12.5 Å². The van der Waals surface area contributed by atoms with Crippen LogP contribution in [0.1, 0.15) is 149 Å². The molecule has 0 saturated carbocycles. The van der Waals surface area contributed by atoms with Gasteiger partial charge in [-0.05, 0) is 71.0 Å². The Balaban J connectivity index is 2.21. The maximum absolute atomic E-state index is 12.6. The summed E-state index contributed by atoms with van der Waals surface area (Å²) in [5.41, 5.74) is 0. The molecule has 1 aliphatic rings. The highest BCUT2D eigenvalue weighted by atomic mass is 17.2. The quantitative estimate of drug-likeness (QED) is 0.0531. The standard InChI is InChI=1S/C32H61NO5/c1-5-8-9-10-11-14-17-20-28(27-36-32(35)29-23-25-33(4)26-24-29)21-18-15-12-13-16-19-22-31(34)38-37-30(6-2)7-3/h28-30H,5-27H2,1-4H3. The van der Waals surface area contributed by atoms with Crippen LogP contribution in [0.2, 0.25) is 0 Å². The van der Waals surface area contributed by atoms with Gasteiger partial charge in [-0.3, -0.25) is 9.68 Å². The summed E-state index contributed by atoms with van der Waals surface area (Å²) in [5, 5.41) is 0. The van der Waals surface area contributed by atoms with Gasteiger partial charge < -0.3 is 9.64 Å². The highest BCUT2D eigenvalue weighted by Gasteiger charge is 2.25. The first kappa shape index (κ1) is 34.9. The topological polar surface area (TPSA) is 65.1 Å². The van der Waals surface area contributed by atoms with Gasteiger partial charge >= 0.3 is 11.9 Å². The molecule has 1 aliphatic heterocycles. The van der Waals surface area contributed by atoms with Gasteiger partial charge in [-0.15, -0.1) is 0 Å². The Morgan fingerprint density at radius 1 is 0.763 bits per heavy atom. The SMILES string of the molecule is CCCCCCCCCC(CCCCCCCCC(=O)OOC(CC)CC)COC(=O)C1CCN(C)CC1. The molecule has 1 rings (SSSR count). The maximum Gasteiger partial charge on any atom is 0.342 e. The molecule has 1 atom stereocenters. The van der Waals surface area contributed by atoms with Crippen LogP contribution in [0.25, 0.3) is 0 Å². The largest absolute Gasteiger partial charge is 0.465 e. The average Bonchev–Trinajstić information content (AvgIpc) is 2.92. The second-order valence-corrected chi connectivity index (χ2v) is 11.6. The molecule has 0 aromatic heterocycles. The predicted octanol–water partition coefficient (Wildman–Crippen LogP) is 8.41. The summed E-state index contributed by atoms with van der Waals surface area (Å²) in [6, 6.07) is 0. The van der Waals surface area contributed by atoms with Crippen LogP contribution in [0.3, 0.4) is 0 Å². The van der Waals surface area contributed by atoms with Gasteiger partial charge in [0.1, 0.15) is 6.10 Å². The molecular formula is C32H61NO5. The molecule has 224 valence electrons. The highest BCUT2D eigenvalue weighted by molar-refractivity contribution is 5.72. The molecule has 38 heavy (non-hydrogen) atoms. The van der Waals surface area contributed by atoms with Crippen LogP contribution >= 0.6 is 0 Å². The molecule has 0 aliphatic carbocycles. The van der Waals surface area contributed by atoms with E-state index in [9.17, 15) is 9.59 Å². The Morgan fingerprint density at radius 3 is 1.84 bits per heavy atom. The van der Waals surface area contributed by atoms with Crippen LogP contribution in [-0.4, -0.2) is 49.7 Å². The second-order valence-electron chi connectivity index (χ2n) is 11.6. The fraction of sp³-hybridized carbons (Fsp3) is 0.938. The molecule has 0 N–H and O–H groups in total. The first-order valence-corrected chi connectivity index (χ1v) is 16.2. The van der Waals surface area contributed by atoms with Crippen molar-refractivity contribution in [2.24, 2.45) is 11.8 Å². The van der Waals surface area contributed by atoms with Gasteiger partial charge in [0.15, 0.2) is 0 Å². The van der Waals surface area contributed by atoms with Crippen LogP contribution in [0.4, 0.5) is 0 Å². The van der Waals surface area contributed by atoms with Crippen LogP contribution < -0.4 is 0 Å². The number of carbonyl (C=O) groups excluding carboxylic acids is 2. The summed E-state index contributed by atoms with van der Waals surface area (Å²) >= 11 is 0. The lowest BCUT2D eigenvalue weighted by Gasteiger charge is -2.28. The van der Waals surface area contributed by atoms with Crippen LogP contribution in [0.15, 0.2) is 0 Å². The summed E-state index contributed by atoms with van der Waals surface area (Å²) in [5.74, 6) is 0.367. The van der Waals surface area contributed by atoms with Gasteiger partial charge in [0.25, 0.3) is 0 Å². The van der Waals surface area contributed by atoms with Crippen LogP contribution in [0.5, 0.6) is 0 Å². The van der Waals surface area contributed by atoms with E-state index in [2.05, 4.69) is 18.9 Å². The van der Waals surface area contributed by atoms with Gasteiger partial charge in [-0.2, -0.15) is 4.89 Å². The summed E-state index contributed by atoms with van der Waals surface area (Å²) in [7, 11) is 2.12. The number of rotatable bonds is 24. The van der Waals surface area contributed by atoms with Crippen molar-refractivity contribution in [3.63, 3.8) is 0 Å². The normalized spacial score (nSPS) is 15.6. The summed E-state index contributed by atoms with van der Waals surface area (Å²) in [6.07, 6.45) is 22.2. The van der Waals surface area contributed by atoms with Crippen molar-refractivity contribution in [3.05, 3.63) is 0 Å². The number of piperidine rings is 1. The molecule has 0 aromatic carbocycles. The molecule has 1 heterocycles. The lowest BCUT2D eigenvalue weighted by atomic mass is 9.94. The van der Waals surface area contributed by atoms with Crippen molar-refractivity contribution in [1.29, 1.82) is 0 Å². The summed E-state index contributed by atoms with van der Waals surface area (Å²) in [4.78, 5) is 36.8. The zero-order chi connectivity index (χ0) is 27.8. The lowest BCUT2D eigenvalue weighted by Crippen LogP contribution is -2.34. The molecule has 6 nitrogen and oxygen atoms in total. The van der Waals surface area contributed by atoms with E-state index in [1.54, 1.807) is 0 Å². The van der Waals surface area contributed by atoms with Crippen molar-refractivity contribution >= 4 is 11.9 Å². The van der Waals surface area contributed by atoms with Crippen molar-refractivity contribution in [3.8, 4) is 0 Å². The Labute approximate surface area is 234 Å². The first-order valence-electron chi connectivity index (χ1n) is 16.2. The third kappa shape index (κ3) is 18.2. The monoisotopic (exact) mass is 539 g/mol. The summed E-state index contributed by atoms with van der Waals surface area (Å²) < 4.78 is 5.86. The van der Waals surface area contributed by atoms with Crippen molar-refractivity contribution in [1.82, 2.24) is 4.90 Å². The van der Waals surface area contributed by atoms with Gasteiger partial charge in [-0.1, -0.05) is 97.8 Å². The third-order valence-corrected chi connectivity index (χ3v) is 8.16. The molecule has 0 aromatic rings. The Hall–Kier alpha value is -1.14. The molecule has 1 unspecified atom stereocenters. The Bertz CT molecular complexity index is 572. The molecule has 1 saturated heterocycles. The average molecular weight is 540 g/mol. The fourth-order valence-electron chi connectivity index (χ4n) is 5.26. The second kappa shape index (κ2) is 23.7. The van der Waals surface area contributed by atoms with E-state index in [0.717, 1.165) is 64.5 Å². The van der Waals surface area contributed by atoms with Crippen molar-refractivity contribution in [2.75, 3.05) is 26.7 Å². The molecule has 0 amide bonds. The van der Waals surface area contributed by atoms with E-state index >= 15 is 0 Å². The van der Waals surface area contributed by atoms with Crippen LogP contribution in [-0.2, 0) is 24.1 Å². The lowest BCUT2D eigenvalue weighted by molar-refractivity contribution is -0.298. The number of hydrogen-bond donors (Lipinski definition) is 0. The van der Waals surface area contributed by atoms with E-state index in [1.807, 2.05) is 13.8 Å². The molecule has 0 spiro atoms. The number of likely N-dealkylation sites (tertiary alicyclic amines) is 1. The first-order chi connectivity index (χ1) is 18.5.